The van der Waals surface area contributed by atoms with Gasteiger partial charge in [-0.15, -0.1) is 0 Å². The number of ether oxygens (including phenoxy) is 1. The molecular formula is C16H15N3O2S. The summed E-state index contributed by atoms with van der Waals surface area (Å²) < 4.78 is 6.20. The van der Waals surface area contributed by atoms with Crippen molar-refractivity contribution in [1.82, 2.24) is 4.98 Å². The van der Waals surface area contributed by atoms with Gasteiger partial charge in [-0.2, -0.15) is 0 Å². The molecule has 1 heterocycles. The van der Waals surface area contributed by atoms with Crippen molar-refractivity contribution in [3.63, 3.8) is 0 Å². The summed E-state index contributed by atoms with van der Waals surface area (Å²) in [6.07, 6.45) is 0. The Bertz CT molecular complexity index is 858. The van der Waals surface area contributed by atoms with Gasteiger partial charge >= 0.3 is 0 Å². The van der Waals surface area contributed by atoms with Crippen LogP contribution in [0.3, 0.4) is 0 Å². The zero-order chi connectivity index (χ0) is 15.7. The molecule has 6 heteroatoms. The van der Waals surface area contributed by atoms with Crippen LogP contribution in [0, 0.1) is 6.92 Å². The van der Waals surface area contributed by atoms with Gasteiger partial charge in [-0.3, -0.25) is 4.79 Å². The lowest BCUT2D eigenvalue weighted by Gasteiger charge is -2.09. The molecule has 112 valence electrons. The van der Waals surface area contributed by atoms with Crippen molar-refractivity contribution in [2.75, 3.05) is 18.2 Å². The smallest absolute Gasteiger partial charge is 0.255 e. The number of benzene rings is 2. The molecule has 3 aromatic rings. The van der Waals surface area contributed by atoms with Crippen LogP contribution in [0.1, 0.15) is 15.9 Å². The Balaban J connectivity index is 1.97. The molecule has 3 rings (SSSR count). The number of nitrogens with one attached hydrogen (secondary N) is 1. The molecule has 2 aromatic carbocycles. The summed E-state index contributed by atoms with van der Waals surface area (Å²) in [5, 5.41) is 3.36. The van der Waals surface area contributed by atoms with E-state index in [1.54, 1.807) is 19.2 Å². The van der Waals surface area contributed by atoms with Crippen molar-refractivity contribution in [2.24, 2.45) is 0 Å². The Hall–Kier alpha value is -2.60. The van der Waals surface area contributed by atoms with Crippen LogP contribution >= 0.6 is 11.3 Å². The van der Waals surface area contributed by atoms with Gasteiger partial charge in [0, 0.05) is 17.3 Å². The molecule has 0 aliphatic carbocycles. The second-order valence-electron chi connectivity index (χ2n) is 4.85. The number of nitrogen functional groups attached to an aromatic ring is 1. The number of hydrogen-bond donors (Lipinski definition) is 2. The van der Waals surface area contributed by atoms with E-state index in [4.69, 9.17) is 10.5 Å². The van der Waals surface area contributed by atoms with Crippen LogP contribution in [0.2, 0.25) is 0 Å². The molecule has 0 saturated carbocycles. The van der Waals surface area contributed by atoms with Gasteiger partial charge in [0.1, 0.15) is 11.3 Å². The lowest BCUT2D eigenvalue weighted by atomic mass is 10.1. The van der Waals surface area contributed by atoms with Gasteiger partial charge in [-0.25, -0.2) is 4.98 Å². The minimum atomic E-state index is -0.156. The number of carbonyl (C=O) groups is 1. The molecule has 1 aromatic heterocycles. The van der Waals surface area contributed by atoms with Crippen LogP contribution < -0.4 is 15.8 Å². The highest BCUT2D eigenvalue weighted by molar-refractivity contribution is 7.22. The number of carbonyl (C=O) groups excluding carboxylic acids is 1. The summed E-state index contributed by atoms with van der Waals surface area (Å²) in [5.74, 6) is 0.433. The molecule has 0 unspecified atom stereocenters. The van der Waals surface area contributed by atoms with Crippen molar-refractivity contribution < 1.29 is 9.53 Å². The van der Waals surface area contributed by atoms with Crippen molar-refractivity contribution >= 4 is 38.3 Å². The maximum atomic E-state index is 12.4. The number of aryl methyl sites for hydroxylation is 1. The Kier molecular flexibility index (Phi) is 3.68. The third-order valence-electron chi connectivity index (χ3n) is 3.34. The number of methoxy groups -OCH3 is 1. The van der Waals surface area contributed by atoms with Crippen LogP contribution in [-0.2, 0) is 0 Å². The van der Waals surface area contributed by atoms with E-state index in [2.05, 4.69) is 10.3 Å². The number of thiazole rings is 1. The van der Waals surface area contributed by atoms with Crippen LogP contribution in [0.5, 0.6) is 5.75 Å². The second-order valence-corrected chi connectivity index (χ2v) is 5.91. The van der Waals surface area contributed by atoms with E-state index in [1.807, 2.05) is 31.2 Å². The molecule has 0 radical (unpaired) electrons. The van der Waals surface area contributed by atoms with E-state index in [0.717, 1.165) is 10.3 Å². The molecule has 0 aliphatic rings. The van der Waals surface area contributed by atoms with E-state index >= 15 is 0 Å². The second kappa shape index (κ2) is 5.65. The summed E-state index contributed by atoms with van der Waals surface area (Å²) >= 11 is 1.36. The monoisotopic (exact) mass is 313 g/mol. The van der Waals surface area contributed by atoms with E-state index in [-0.39, 0.29) is 5.91 Å². The zero-order valence-corrected chi connectivity index (χ0v) is 13.0. The normalized spacial score (nSPS) is 10.6. The first kappa shape index (κ1) is 14.3. The predicted octanol–water partition coefficient (Wildman–Crippen LogP) is 3.45. The van der Waals surface area contributed by atoms with Crippen molar-refractivity contribution in [3.05, 3.63) is 47.5 Å². The number of anilines is 2. The number of nitrogens with zero attached hydrogens (tertiary/aromatic N) is 1. The van der Waals surface area contributed by atoms with Crippen molar-refractivity contribution in [1.29, 1.82) is 0 Å². The van der Waals surface area contributed by atoms with Crippen molar-refractivity contribution in [3.8, 4) is 5.75 Å². The highest BCUT2D eigenvalue weighted by atomic mass is 32.1. The van der Waals surface area contributed by atoms with E-state index in [0.29, 0.717) is 27.6 Å². The van der Waals surface area contributed by atoms with E-state index < -0.39 is 0 Å². The Morgan fingerprint density at radius 3 is 2.82 bits per heavy atom. The number of amides is 1. The molecule has 0 atom stereocenters. The lowest BCUT2D eigenvalue weighted by Crippen LogP contribution is -2.13. The van der Waals surface area contributed by atoms with Gasteiger partial charge in [0.15, 0.2) is 5.13 Å². The standard InChI is InChI=1S/C16H15N3O2S/c1-9-5-3-4-6-11(9)15(20)18-10-7-12(21-2)14-13(8-10)22-16(17)19-14/h3-8H,1-2H3,(H2,17,19)(H,18,20). The zero-order valence-electron chi connectivity index (χ0n) is 12.2. The van der Waals surface area contributed by atoms with Crippen LogP contribution in [0.4, 0.5) is 10.8 Å². The Labute approximate surface area is 131 Å². The fourth-order valence-corrected chi connectivity index (χ4v) is 3.06. The minimum absolute atomic E-state index is 0.156. The summed E-state index contributed by atoms with van der Waals surface area (Å²) in [6.45, 7) is 1.91. The SMILES string of the molecule is COc1cc(NC(=O)c2ccccc2C)cc2sc(N)nc12. The molecule has 22 heavy (non-hydrogen) atoms. The lowest BCUT2D eigenvalue weighted by molar-refractivity contribution is 0.102. The molecule has 0 saturated heterocycles. The molecular weight excluding hydrogens is 298 g/mol. The molecule has 0 spiro atoms. The van der Waals surface area contributed by atoms with E-state index in [1.165, 1.54) is 11.3 Å². The Morgan fingerprint density at radius 1 is 1.32 bits per heavy atom. The summed E-state index contributed by atoms with van der Waals surface area (Å²) in [7, 11) is 1.57. The highest BCUT2D eigenvalue weighted by Gasteiger charge is 2.13. The fourth-order valence-electron chi connectivity index (χ4n) is 2.27. The average Bonchev–Trinajstić information content (AvgIpc) is 2.87. The molecule has 0 aliphatic heterocycles. The maximum absolute atomic E-state index is 12.4. The topological polar surface area (TPSA) is 77.2 Å². The van der Waals surface area contributed by atoms with Crippen LogP contribution in [0.25, 0.3) is 10.2 Å². The number of rotatable bonds is 3. The van der Waals surface area contributed by atoms with Gasteiger partial charge in [-0.05, 0) is 24.6 Å². The minimum Gasteiger partial charge on any atom is -0.494 e. The third kappa shape index (κ3) is 2.60. The van der Waals surface area contributed by atoms with Gasteiger partial charge in [0.25, 0.3) is 5.91 Å². The number of aromatic nitrogens is 1. The molecule has 0 bridgehead atoms. The molecule has 3 N–H and O–H groups in total. The fraction of sp³-hybridized carbons (Fsp3) is 0.125. The van der Waals surface area contributed by atoms with Gasteiger partial charge in [0.2, 0.25) is 0 Å². The van der Waals surface area contributed by atoms with Gasteiger partial charge in [0.05, 0.1) is 11.8 Å². The number of nitrogens with two attached hydrogens (primary N) is 1. The first-order chi connectivity index (χ1) is 10.6. The molecule has 1 amide bonds. The highest BCUT2D eigenvalue weighted by Crippen LogP contribution is 2.34. The van der Waals surface area contributed by atoms with Crippen LogP contribution in [-0.4, -0.2) is 18.0 Å². The predicted molar refractivity (Wildman–Crippen MR) is 89.7 cm³/mol. The summed E-state index contributed by atoms with van der Waals surface area (Å²) in [5.41, 5.74) is 8.67. The first-order valence-electron chi connectivity index (χ1n) is 6.69. The first-order valence-corrected chi connectivity index (χ1v) is 7.51. The summed E-state index contributed by atoms with van der Waals surface area (Å²) in [4.78, 5) is 16.6. The van der Waals surface area contributed by atoms with E-state index in [9.17, 15) is 4.79 Å². The number of hydrogen-bond acceptors (Lipinski definition) is 5. The van der Waals surface area contributed by atoms with Crippen LogP contribution in [0.15, 0.2) is 36.4 Å². The Morgan fingerprint density at radius 2 is 2.09 bits per heavy atom. The van der Waals surface area contributed by atoms with Gasteiger partial charge < -0.3 is 15.8 Å². The molecule has 5 nitrogen and oxygen atoms in total. The quantitative estimate of drug-likeness (QED) is 0.776. The summed E-state index contributed by atoms with van der Waals surface area (Å²) in [6, 6.07) is 11.0. The third-order valence-corrected chi connectivity index (χ3v) is 4.18. The average molecular weight is 313 g/mol. The number of fused-ring (bicyclic) bond motifs is 1. The largest absolute Gasteiger partial charge is 0.494 e. The maximum Gasteiger partial charge on any atom is 0.255 e. The van der Waals surface area contributed by atoms with Crippen molar-refractivity contribution in [2.45, 2.75) is 6.92 Å². The van der Waals surface area contributed by atoms with Gasteiger partial charge in [-0.1, -0.05) is 29.5 Å². The molecule has 0 fully saturated rings.